The minimum atomic E-state index is 0.152. The lowest BCUT2D eigenvalue weighted by Crippen LogP contribution is -2.46. The predicted molar refractivity (Wildman–Crippen MR) is 68.7 cm³/mol. The van der Waals surface area contributed by atoms with E-state index in [-0.39, 0.29) is 24.5 Å². The second-order valence-electron chi connectivity index (χ2n) is 5.28. The highest BCUT2D eigenvalue weighted by Gasteiger charge is 2.29. The molecule has 1 heterocycles. The van der Waals surface area contributed by atoms with Crippen LogP contribution in [0.2, 0.25) is 0 Å². The number of rotatable bonds is 5. The van der Waals surface area contributed by atoms with Crippen molar-refractivity contribution in [1.29, 1.82) is 0 Å². The third kappa shape index (κ3) is 4.28. The van der Waals surface area contributed by atoms with Crippen molar-refractivity contribution in [3.05, 3.63) is 0 Å². The Hall–Kier alpha value is -0.610. The van der Waals surface area contributed by atoms with Crippen LogP contribution in [0, 0.1) is 5.92 Å². The molecule has 2 N–H and O–H groups in total. The van der Waals surface area contributed by atoms with Gasteiger partial charge in [0.2, 0.25) is 5.91 Å². The molecule has 0 aliphatic carbocycles. The molecule has 2 unspecified atom stereocenters. The van der Waals surface area contributed by atoms with Crippen molar-refractivity contribution in [2.45, 2.75) is 52.1 Å². The van der Waals surface area contributed by atoms with Gasteiger partial charge in [0.1, 0.15) is 0 Å². The molecule has 0 radical (unpaired) electrons. The van der Waals surface area contributed by atoms with Crippen LogP contribution in [0.3, 0.4) is 0 Å². The zero-order valence-electron chi connectivity index (χ0n) is 11.3. The molecule has 0 spiro atoms. The van der Waals surface area contributed by atoms with E-state index in [4.69, 9.17) is 5.11 Å². The summed E-state index contributed by atoms with van der Waals surface area (Å²) in [5.41, 5.74) is 0. The molecule has 1 aliphatic heterocycles. The molecular formula is C13H26N2O2. The van der Waals surface area contributed by atoms with Gasteiger partial charge in [0.15, 0.2) is 0 Å². The van der Waals surface area contributed by atoms with E-state index in [1.807, 2.05) is 18.7 Å². The van der Waals surface area contributed by atoms with E-state index in [2.05, 4.69) is 12.2 Å². The fourth-order valence-electron chi connectivity index (χ4n) is 2.45. The SMILES string of the molecule is CC1CC(C(=O)N(CCCO)C(C)C)CCN1. The number of nitrogens with zero attached hydrogens (tertiary/aromatic N) is 1. The number of amides is 1. The van der Waals surface area contributed by atoms with Gasteiger partial charge < -0.3 is 15.3 Å². The summed E-state index contributed by atoms with van der Waals surface area (Å²) >= 11 is 0. The lowest BCUT2D eigenvalue weighted by Gasteiger charge is -2.34. The smallest absolute Gasteiger partial charge is 0.226 e. The van der Waals surface area contributed by atoms with Crippen LogP contribution >= 0.6 is 0 Å². The highest BCUT2D eigenvalue weighted by Crippen LogP contribution is 2.20. The number of piperidine rings is 1. The number of aliphatic hydroxyl groups is 1. The summed E-state index contributed by atoms with van der Waals surface area (Å²) in [7, 11) is 0. The molecule has 1 fully saturated rings. The van der Waals surface area contributed by atoms with Crippen molar-refractivity contribution < 1.29 is 9.90 Å². The zero-order chi connectivity index (χ0) is 12.8. The van der Waals surface area contributed by atoms with E-state index >= 15 is 0 Å². The average molecular weight is 242 g/mol. The van der Waals surface area contributed by atoms with Crippen molar-refractivity contribution >= 4 is 5.91 Å². The van der Waals surface area contributed by atoms with E-state index in [9.17, 15) is 4.79 Å². The van der Waals surface area contributed by atoms with Crippen molar-refractivity contribution in [2.75, 3.05) is 19.7 Å². The van der Waals surface area contributed by atoms with Gasteiger partial charge in [0, 0.05) is 31.2 Å². The number of carbonyl (C=O) groups excluding carboxylic acids is 1. The maximum absolute atomic E-state index is 12.4. The Balaban J connectivity index is 2.56. The molecule has 0 bridgehead atoms. The molecule has 0 saturated carbocycles. The van der Waals surface area contributed by atoms with Crippen molar-refractivity contribution in [3.63, 3.8) is 0 Å². The first-order valence-corrected chi connectivity index (χ1v) is 6.71. The molecule has 1 amide bonds. The van der Waals surface area contributed by atoms with Crippen LogP contribution in [0.1, 0.15) is 40.0 Å². The Kier molecular flexibility index (Phi) is 5.92. The zero-order valence-corrected chi connectivity index (χ0v) is 11.3. The Morgan fingerprint density at radius 1 is 1.53 bits per heavy atom. The maximum atomic E-state index is 12.4. The lowest BCUT2D eigenvalue weighted by atomic mass is 9.91. The van der Waals surface area contributed by atoms with Crippen LogP contribution in [0.25, 0.3) is 0 Å². The van der Waals surface area contributed by atoms with E-state index in [0.717, 1.165) is 19.4 Å². The van der Waals surface area contributed by atoms with E-state index in [0.29, 0.717) is 19.0 Å². The first-order chi connectivity index (χ1) is 8.06. The summed E-state index contributed by atoms with van der Waals surface area (Å²) in [6.45, 7) is 7.97. The quantitative estimate of drug-likeness (QED) is 0.756. The number of hydrogen-bond acceptors (Lipinski definition) is 3. The Morgan fingerprint density at radius 3 is 2.76 bits per heavy atom. The van der Waals surface area contributed by atoms with Crippen LogP contribution in [-0.2, 0) is 4.79 Å². The standard InChI is InChI=1S/C13H26N2O2/c1-10(2)15(7-4-8-16)13(17)12-5-6-14-11(3)9-12/h10-12,14,16H,4-9H2,1-3H3. The summed E-state index contributed by atoms with van der Waals surface area (Å²) in [6, 6.07) is 0.656. The largest absolute Gasteiger partial charge is 0.396 e. The summed E-state index contributed by atoms with van der Waals surface area (Å²) in [5, 5.41) is 12.3. The Bertz CT molecular complexity index is 244. The van der Waals surface area contributed by atoms with Crippen LogP contribution in [0.5, 0.6) is 0 Å². The molecule has 0 aromatic rings. The molecule has 0 aromatic carbocycles. The molecule has 4 nitrogen and oxygen atoms in total. The van der Waals surface area contributed by atoms with Crippen molar-refractivity contribution in [3.8, 4) is 0 Å². The fraction of sp³-hybridized carbons (Fsp3) is 0.923. The topological polar surface area (TPSA) is 52.6 Å². The molecule has 4 heteroatoms. The van der Waals surface area contributed by atoms with Gasteiger partial charge in [-0.05, 0) is 46.6 Å². The van der Waals surface area contributed by atoms with E-state index in [1.165, 1.54) is 0 Å². The molecule has 1 rings (SSSR count). The fourth-order valence-corrected chi connectivity index (χ4v) is 2.45. The van der Waals surface area contributed by atoms with Crippen molar-refractivity contribution in [2.24, 2.45) is 5.92 Å². The Morgan fingerprint density at radius 2 is 2.24 bits per heavy atom. The molecular weight excluding hydrogens is 216 g/mol. The van der Waals surface area contributed by atoms with Gasteiger partial charge in [-0.1, -0.05) is 0 Å². The summed E-state index contributed by atoms with van der Waals surface area (Å²) in [5.74, 6) is 0.425. The Labute approximate surface area is 104 Å². The highest BCUT2D eigenvalue weighted by molar-refractivity contribution is 5.79. The minimum absolute atomic E-state index is 0.152. The molecule has 1 saturated heterocycles. The van der Waals surface area contributed by atoms with Gasteiger partial charge >= 0.3 is 0 Å². The predicted octanol–water partition coefficient (Wildman–Crippen LogP) is 0.994. The molecule has 0 aromatic heterocycles. The monoisotopic (exact) mass is 242 g/mol. The lowest BCUT2D eigenvalue weighted by molar-refractivity contribution is -0.138. The normalized spacial score (nSPS) is 25.0. The summed E-state index contributed by atoms with van der Waals surface area (Å²) in [6.07, 6.45) is 2.54. The second kappa shape index (κ2) is 6.97. The van der Waals surface area contributed by atoms with Gasteiger partial charge in [-0.3, -0.25) is 4.79 Å². The van der Waals surface area contributed by atoms with Crippen molar-refractivity contribution in [1.82, 2.24) is 10.2 Å². The van der Waals surface area contributed by atoms with Gasteiger partial charge in [0.25, 0.3) is 0 Å². The van der Waals surface area contributed by atoms with Gasteiger partial charge in [-0.2, -0.15) is 0 Å². The van der Waals surface area contributed by atoms with Gasteiger partial charge in [0.05, 0.1) is 0 Å². The summed E-state index contributed by atoms with van der Waals surface area (Å²) < 4.78 is 0. The third-order valence-corrected chi connectivity index (χ3v) is 3.44. The average Bonchev–Trinajstić information content (AvgIpc) is 2.29. The molecule has 17 heavy (non-hydrogen) atoms. The van der Waals surface area contributed by atoms with Gasteiger partial charge in [-0.15, -0.1) is 0 Å². The maximum Gasteiger partial charge on any atom is 0.226 e. The first-order valence-electron chi connectivity index (χ1n) is 6.71. The van der Waals surface area contributed by atoms with E-state index < -0.39 is 0 Å². The molecule has 2 atom stereocenters. The summed E-state index contributed by atoms with van der Waals surface area (Å²) in [4.78, 5) is 14.3. The number of carbonyl (C=O) groups is 1. The number of nitrogens with one attached hydrogen (secondary N) is 1. The second-order valence-corrected chi connectivity index (χ2v) is 5.28. The minimum Gasteiger partial charge on any atom is -0.396 e. The van der Waals surface area contributed by atoms with Crippen LogP contribution in [0.4, 0.5) is 0 Å². The van der Waals surface area contributed by atoms with Crippen LogP contribution < -0.4 is 5.32 Å². The van der Waals surface area contributed by atoms with Gasteiger partial charge in [-0.25, -0.2) is 0 Å². The van der Waals surface area contributed by atoms with Crippen LogP contribution in [-0.4, -0.2) is 47.7 Å². The molecule has 100 valence electrons. The number of hydrogen-bond donors (Lipinski definition) is 2. The highest BCUT2D eigenvalue weighted by atomic mass is 16.3. The first kappa shape index (κ1) is 14.5. The number of aliphatic hydroxyl groups excluding tert-OH is 1. The van der Waals surface area contributed by atoms with Crippen LogP contribution in [0.15, 0.2) is 0 Å². The third-order valence-electron chi connectivity index (χ3n) is 3.44. The van der Waals surface area contributed by atoms with E-state index in [1.54, 1.807) is 0 Å². The molecule has 1 aliphatic rings.